The van der Waals surface area contributed by atoms with Crippen LogP contribution in [0, 0.1) is 5.41 Å². The first-order chi connectivity index (χ1) is 7.82. The first-order valence-electron chi connectivity index (χ1n) is 5.74. The molecule has 0 saturated heterocycles. The fourth-order valence-corrected chi connectivity index (χ4v) is 2.22. The molecule has 0 aliphatic rings. The van der Waals surface area contributed by atoms with E-state index in [1.807, 2.05) is 18.2 Å². The Hall–Kier alpha value is -0.930. The third-order valence-electron chi connectivity index (χ3n) is 2.53. The van der Waals surface area contributed by atoms with Gasteiger partial charge in [-0.3, -0.25) is 0 Å². The minimum atomic E-state index is 0.162. The van der Waals surface area contributed by atoms with Gasteiger partial charge < -0.3 is 16.0 Å². The van der Waals surface area contributed by atoms with Gasteiger partial charge in [-0.25, -0.2) is 0 Å². The van der Waals surface area contributed by atoms with Crippen molar-refractivity contribution in [2.75, 3.05) is 38.2 Å². The number of benzene rings is 1. The molecule has 0 aromatic heterocycles. The predicted octanol–water partition coefficient (Wildman–Crippen LogP) is 2.92. The van der Waals surface area contributed by atoms with E-state index in [-0.39, 0.29) is 5.41 Å². The summed E-state index contributed by atoms with van der Waals surface area (Å²) in [5.41, 5.74) is 7.58. The number of nitrogen functional groups attached to an aromatic ring is 1. The number of rotatable bonds is 5. The van der Waals surface area contributed by atoms with E-state index < -0.39 is 0 Å². The van der Waals surface area contributed by atoms with E-state index >= 15 is 0 Å². The number of hydrogen-bond acceptors (Lipinski definition) is 3. The normalized spacial score (nSPS) is 11.9. The molecule has 4 heteroatoms. The zero-order valence-electron chi connectivity index (χ0n) is 11.0. The summed E-state index contributed by atoms with van der Waals surface area (Å²) in [4.78, 5) is 2.18. The minimum Gasteiger partial charge on any atom is -0.397 e. The maximum absolute atomic E-state index is 6.11. The van der Waals surface area contributed by atoms with Crippen LogP contribution in [0.2, 0.25) is 5.02 Å². The molecule has 1 aromatic carbocycles. The van der Waals surface area contributed by atoms with Crippen molar-refractivity contribution in [3.05, 3.63) is 23.2 Å². The summed E-state index contributed by atoms with van der Waals surface area (Å²) in [6.07, 6.45) is 0. The van der Waals surface area contributed by atoms with E-state index in [1.54, 1.807) is 0 Å². The van der Waals surface area contributed by atoms with Gasteiger partial charge in [-0.15, -0.1) is 0 Å². The standard InChI is InChI=1S/C13H22ClN3/c1-13(2,9-17(3)4)8-16-12-10(14)6-5-7-11(12)15/h5-7,16H,8-9,15H2,1-4H3. The van der Waals surface area contributed by atoms with Crippen LogP contribution in [0.5, 0.6) is 0 Å². The second-order valence-corrected chi connectivity index (χ2v) is 5.87. The van der Waals surface area contributed by atoms with E-state index in [1.165, 1.54) is 0 Å². The van der Waals surface area contributed by atoms with Crippen molar-refractivity contribution in [2.24, 2.45) is 5.41 Å². The van der Waals surface area contributed by atoms with E-state index in [2.05, 4.69) is 38.2 Å². The molecule has 0 heterocycles. The summed E-state index contributed by atoms with van der Waals surface area (Å²) >= 11 is 6.11. The van der Waals surface area contributed by atoms with Crippen LogP contribution in [0.1, 0.15) is 13.8 Å². The van der Waals surface area contributed by atoms with Crippen LogP contribution in [-0.4, -0.2) is 32.1 Å². The van der Waals surface area contributed by atoms with Crippen molar-refractivity contribution < 1.29 is 0 Å². The molecule has 0 aliphatic heterocycles. The third kappa shape index (κ3) is 4.44. The average Bonchev–Trinajstić information content (AvgIpc) is 2.14. The topological polar surface area (TPSA) is 41.3 Å². The number of hydrogen-bond donors (Lipinski definition) is 2. The van der Waals surface area contributed by atoms with Crippen LogP contribution in [0.25, 0.3) is 0 Å². The van der Waals surface area contributed by atoms with Crippen molar-refractivity contribution >= 4 is 23.0 Å². The molecule has 0 aliphatic carbocycles. The van der Waals surface area contributed by atoms with Crippen LogP contribution in [0.4, 0.5) is 11.4 Å². The van der Waals surface area contributed by atoms with Crippen molar-refractivity contribution in [2.45, 2.75) is 13.8 Å². The molecule has 3 N–H and O–H groups in total. The van der Waals surface area contributed by atoms with Gasteiger partial charge in [0, 0.05) is 13.1 Å². The molecule has 0 atom stereocenters. The zero-order valence-corrected chi connectivity index (χ0v) is 11.8. The largest absolute Gasteiger partial charge is 0.397 e. The van der Waals surface area contributed by atoms with Crippen molar-refractivity contribution in [1.29, 1.82) is 0 Å². The lowest BCUT2D eigenvalue weighted by Crippen LogP contribution is -2.34. The van der Waals surface area contributed by atoms with Gasteiger partial charge in [-0.1, -0.05) is 31.5 Å². The molecule has 0 spiro atoms. The summed E-state index contributed by atoms with van der Waals surface area (Å²) < 4.78 is 0. The number of nitrogens with two attached hydrogens (primary N) is 1. The number of nitrogens with one attached hydrogen (secondary N) is 1. The Bertz CT molecular complexity index is 355. The van der Waals surface area contributed by atoms with E-state index in [0.717, 1.165) is 18.8 Å². The molecular formula is C13H22ClN3. The molecular weight excluding hydrogens is 234 g/mol. The van der Waals surface area contributed by atoms with E-state index in [9.17, 15) is 0 Å². The highest BCUT2D eigenvalue weighted by Crippen LogP contribution is 2.29. The molecule has 1 rings (SSSR count). The second-order valence-electron chi connectivity index (χ2n) is 5.46. The number of para-hydroxylation sites is 1. The Morgan fingerprint density at radius 2 is 2.00 bits per heavy atom. The lowest BCUT2D eigenvalue weighted by molar-refractivity contribution is 0.254. The summed E-state index contributed by atoms with van der Waals surface area (Å²) in [5, 5.41) is 4.02. The smallest absolute Gasteiger partial charge is 0.0763 e. The summed E-state index contributed by atoms with van der Waals surface area (Å²) in [5.74, 6) is 0. The zero-order chi connectivity index (χ0) is 13.1. The fraction of sp³-hybridized carbons (Fsp3) is 0.538. The molecule has 0 radical (unpaired) electrons. The monoisotopic (exact) mass is 255 g/mol. The molecule has 0 amide bonds. The van der Waals surface area contributed by atoms with Crippen LogP contribution in [0.15, 0.2) is 18.2 Å². The molecule has 96 valence electrons. The van der Waals surface area contributed by atoms with Crippen molar-refractivity contribution in [1.82, 2.24) is 4.90 Å². The number of anilines is 2. The first-order valence-corrected chi connectivity index (χ1v) is 6.12. The Labute approximate surface area is 109 Å². The molecule has 1 aromatic rings. The quantitative estimate of drug-likeness (QED) is 0.795. The number of nitrogens with zero attached hydrogens (tertiary/aromatic N) is 1. The van der Waals surface area contributed by atoms with Gasteiger partial charge in [0.05, 0.1) is 16.4 Å². The van der Waals surface area contributed by atoms with Gasteiger partial charge in [0.15, 0.2) is 0 Å². The van der Waals surface area contributed by atoms with Crippen molar-refractivity contribution in [3.8, 4) is 0 Å². The maximum Gasteiger partial charge on any atom is 0.0763 e. The lowest BCUT2D eigenvalue weighted by Gasteiger charge is -2.29. The van der Waals surface area contributed by atoms with Gasteiger partial charge in [0.1, 0.15) is 0 Å². The van der Waals surface area contributed by atoms with Gasteiger partial charge in [-0.2, -0.15) is 0 Å². The van der Waals surface area contributed by atoms with Gasteiger partial charge >= 0.3 is 0 Å². The molecule has 0 fully saturated rings. The van der Waals surface area contributed by atoms with Crippen LogP contribution < -0.4 is 11.1 Å². The SMILES string of the molecule is CN(C)CC(C)(C)CNc1c(N)cccc1Cl. The van der Waals surface area contributed by atoms with Gasteiger partial charge in [0.25, 0.3) is 0 Å². The molecule has 0 saturated carbocycles. The Balaban J connectivity index is 2.67. The molecule has 0 unspecified atom stereocenters. The minimum absolute atomic E-state index is 0.162. The molecule has 3 nitrogen and oxygen atoms in total. The molecule has 17 heavy (non-hydrogen) atoms. The highest BCUT2D eigenvalue weighted by Gasteiger charge is 2.19. The molecule has 0 bridgehead atoms. The van der Waals surface area contributed by atoms with Gasteiger partial charge in [-0.05, 0) is 31.6 Å². The van der Waals surface area contributed by atoms with Crippen molar-refractivity contribution in [3.63, 3.8) is 0 Å². The first kappa shape index (κ1) is 14.1. The van der Waals surface area contributed by atoms with Crippen LogP contribution in [-0.2, 0) is 0 Å². The van der Waals surface area contributed by atoms with Gasteiger partial charge in [0.2, 0.25) is 0 Å². The van der Waals surface area contributed by atoms with E-state index in [0.29, 0.717) is 10.7 Å². The summed E-state index contributed by atoms with van der Waals surface area (Å²) in [6, 6.07) is 5.56. The number of halogens is 1. The fourth-order valence-electron chi connectivity index (χ4n) is 1.97. The maximum atomic E-state index is 6.11. The Kier molecular flexibility index (Phi) is 4.66. The lowest BCUT2D eigenvalue weighted by atomic mass is 9.93. The highest BCUT2D eigenvalue weighted by atomic mass is 35.5. The third-order valence-corrected chi connectivity index (χ3v) is 2.85. The summed E-state index contributed by atoms with van der Waals surface area (Å²) in [7, 11) is 4.15. The Morgan fingerprint density at radius 3 is 2.53 bits per heavy atom. The average molecular weight is 256 g/mol. The van der Waals surface area contributed by atoms with E-state index in [4.69, 9.17) is 17.3 Å². The highest BCUT2D eigenvalue weighted by molar-refractivity contribution is 6.33. The Morgan fingerprint density at radius 1 is 1.35 bits per heavy atom. The van der Waals surface area contributed by atoms with Crippen LogP contribution >= 0.6 is 11.6 Å². The summed E-state index contributed by atoms with van der Waals surface area (Å²) in [6.45, 7) is 6.27. The van der Waals surface area contributed by atoms with Crippen LogP contribution in [0.3, 0.4) is 0 Å². The predicted molar refractivity (Wildman–Crippen MR) is 76.7 cm³/mol. The second kappa shape index (κ2) is 5.61.